The highest BCUT2D eigenvalue weighted by Gasteiger charge is 2.38. The van der Waals surface area contributed by atoms with E-state index in [1.54, 1.807) is 0 Å². The van der Waals surface area contributed by atoms with E-state index in [9.17, 15) is 8.42 Å². The molecular formula is C18H26N4O2S. The number of H-pyrrole nitrogens is 1. The lowest BCUT2D eigenvalue weighted by Gasteiger charge is -2.31. The van der Waals surface area contributed by atoms with Crippen molar-refractivity contribution < 1.29 is 8.42 Å². The molecule has 1 aromatic carbocycles. The molecule has 7 heteroatoms. The van der Waals surface area contributed by atoms with Crippen molar-refractivity contribution in [2.75, 3.05) is 24.7 Å². The van der Waals surface area contributed by atoms with Crippen molar-refractivity contribution in [3.05, 3.63) is 30.0 Å². The monoisotopic (exact) mass is 362 g/mol. The van der Waals surface area contributed by atoms with Gasteiger partial charge in [-0.25, -0.2) is 8.42 Å². The number of benzene rings is 1. The fourth-order valence-electron chi connectivity index (χ4n) is 3.21. The molecule has 3 rings (SSSR count). The van der Waals surface area contributed by atoms with Crippen molar-refractivity contribution in [2.24, 2.45) is 4.99 Å². The molecule has 0 spiro atoms. The fraction of sp³-hybridized carbons (Fsp3) is 0.500. The smallest absolute Gasteiger partial charge is 0.238 e. The maximum Gasteiger partial charge on any atom is 0.238 e. The van der Waals surface area contributed by atoms with Crippen molar-refractivity contribution in [3.63, 3.8) is 0 Å². The molecule has 0 saturated heterocycles. The summed E-state index contributed by atoms with van der Waals surface area (Å²) in [5.74, 6) is -0.0336. The van der Waals surface area contributed by atoms with Crippen molar-refractivity contribution in [1.82, 2.24) is 9.29 Å². The van der Waals surface area contributed by atoms with Crippen LogP contribution in [0.1, 0.15) is 38.7 Å². The van der Waals surface area contributed by atoms with E-state index in [0.717, 1.165) is 35.1 Å². The first-order chi connectivity index (χ1) is 11.9. The van der Waals surface area contributed by atoms with Gasteiger partial charge in [-0.15, -0.1) is 0 Å². The first-order valence-electron chi connectivity index (χ1n) is 8.72. The Kier molecular flexibility index (Phi) is 4.77. The van der Waals surface area contributed by atoms with Crippen LogP contribution in [-0.2, 0) is 15.6 Å². The van der Waals surface area contributed by atoms with Gasteiger partial charge in [0.1, 0.15) is 5.54 Å². The SMILES string of the molecule is CCCCCNc1ccc2[nH]cc(C3(C)CS(=O)(=O)N(C)C=N3)c2c1. The zero-order valence-electron chi connectivity index (χ0n) is 15.0. The molecule has 2 N–H and O–H groups in total. The molecule has 0 aliphatic carbocycles. The van der Waals surface area contributed by atoms with Crippen LogP contribution in [0.25, 0.3) is 10.9 Å². The molecule has 0 amide bonds. The summed E-state index contributed by atoms with van der Waals surface area (Å²) < 4.78 is 25.8. The third kappa shape index (κ3) is 3.51. The topological polar surface area (TPSA) is 77.6 Å². The van der Waals surface area contributed by atoms with Crippen molar-refractivity contribution in [2.45, 2.75) is 38.6 Å². The lowest BCUT2D eigenvalue weighted by Crippen LogP contribution is -2.42. The van der Waals surface area contributed by atoms with Crippen LogP contribution in [0.5, 0.6) is 0 Å². The van der Waals surface area contributed by atoms with Gasteiger partial charge in [-0.3, -0.25) is 9.30 Å². The molecule has 136 valence electrons. The quantitative estimate of drug-likeness (QED) is 0.774. The zero-order chi connectivity index (χ0) is 18.1. The molecule has 2 aromatic rings. The number of aromatic amines is 1. The maximum atomic E-state index is 12.3. The highest BCUT2D eigenvalue weighted by atomic mass is 32.2. The molecule has 1 unspecified atom stereocenters. The minimum Gasteiger partial charge on any atom is -0.385 e. The third-order valence-electron chi connectivity index (χ3n) is 4.78. The summed E-state index contributed by atoms with van der Waals surface area (Å²) in [5, 5.41) is 4.46. The summed E-state index contributed by atoms with van der Waals surface area (Å²) in [6, 6.07) is 6.15. The van der Waals surface area contributed by atoms with Crippen LogP contribution in [0.15, 0.2) is 29.4 Å². The second kappa shape index (κ2) is 6.71. The standard InChI is InChI=1S/C18H26N4O2S/c1-4-5-6-9-19-14-7-8-17-15(10-14)16(11-20-17)18(2)12-25(23,24)22(3)13-21-18/h7-8,10-11,13,19-20H,4-6,9,12H2,1-3H3. The number of sulfonamides is 1. The van der Waals surface area contributed by atoms with Crippen molar-refractivity contribution >= 4 is 33.0 Å². The Balaban J connectivity index is 1.93. The average molecular weight is 362 g/mol. The summed E-state index contributed by atoms with van der Waals surface area (Å²) in [6.07, 6.45) is 6.83. The summed E-state index contributed by atoms with van der Waals surface area (Å²) >= 11 is 0. The molecule has 0 saturated carbocycles. The number of hydrogen-bond donors (Lipinski definition) is 2. The summed E-state index contributed by atoms with van der Waals surface area (Å²) in [5.41, 5.74) is 2.16. The summed E-state index contributed by atoms with van der Waals surface area (Å²) in [4.78, 5) is 7.77. The molecule has 1 aliphatic heterocycles. The Labute approximate surface area is 149 Å². The van der Waals surface area contributed by atoms with Gasteiger partial charge in [0.05, 0.1) is 12.1 Å². The van der Waals surface area contributed by atoms with Crippen LogP contribution in [0.2, 0.25) is 0 Å². The fourth-order valence-corrected chi connectivity index (χ4v) is 4.54. The Morgan fingerprint density at radius 1 is 1.36 bits per heavy atom. The molecule has 2 heterocycles. The van der Waals surface area contributed by atoms with Gasteiger partial charge in [-0.2, -0.15) is 0 Å². The molecular weight excluding hydrogens is 336 g/mol. The number of nitrogens with zero attached hydrogens (tertiary/aromatic N) is 2. The van der Waals surface area contributed by atoms with E-state index in [0.29, 0.717) is 0 Å². The first kappa shape index (κ1) is 17.8. The van der Waals surface area contributed by atoms with Gasteiger partial charge >= 0.3 is 0 Å². The van der Waals surface area contributed by atoms with Crippen molar-refractivity contribution in [1.29, 1.82) is 0 Å². The summed E-state index contributed by atoms with van der Waals surface area (Å²) in [6.45, 7) is 5.00. The minimum atomic E-state index is -3.34. The Hall–Kier alpha value is -2.02. The molecule has 25 heavy (non-hydrogen) atoms. The number of nitrogens with one attached hydrogen (secondary N) is 2. The van der Waals surface area contributed by atoms with Gasteiger partial charge in [0, 0.05) is 41.9 Å². The summed E-state index contributed by atoms with van der Waals surface area (Å²) in [7, 11) is -1.82. The van der Waals surface area contributed by atoms with E-state index >= 15 is 0 Å². The first-order valence-corrected chi connectivity index (χ1v) is 10.3. The van der Waals surface area contributed by atoms with Crippen molar-refractivity contribution in [3.8, 4) is 0 Å². The van der Waals surface area contributed by atoms with Crippen LogP contribution in [-0.4, -0.2) is 43.4 Å². The second-order valence-electron chi connectivity index (χ2n) is 6.89. The van der Waals surface area contributed by atoms with Crippen LogP contribution >= 0.6 is 0 Å². The molecule has 1 atom stereocenters. The van der Waals surface area contributed by atoms with Crippen LogP contribution in [0.4, 0.5) is 5.69 Å². The second-order valence-corrected chi connectivity index (χ2v) is 8.92. The number of fused-ring (bicyclic) bond motifs is 1. The lowest BCUT2D eigenvalue weighted by atomic mass is 9.94. The van der Waals surface area contributed by atoms with E-state index in [1.165, 1.54) is 30.5 Å². The molecule has 1 aliphatic rings. The number of unbranched alkanes of at least 4 members (excludes halogenated alkanes) is 2. The van der Waals surface area contributed by atoms with Gasteiger partial charge in [0.2, 0.25) is 10.0 Å². The lowest BCUT2D eigenvalue weighted by molar-refractivity contribution is 0.487. The van der Waals surface area contributed by atoms with Gasteiger partial charge in [-0.05, 0) is 31.5 Å². The number of rotatable bonds is 6. The third-order valence-corrected chi connectivity index (χ3v) is 6.68. The predicted octanol–water partition coefficient (Wildman–Crippen LogP) is 3.29. The van der Waals surface area contributed by atoms with Gasteiger partial charge in [0.15, 0.2) is 0 Å². The maximum absolute atomic E-state index is 12.3. The molecule has 0 radical (unpaired) electrons. The number of aliphatic imine (C=N–C) groups is 1. The van der Waals surface area contributed by atoms with Crippen LogP contribution in [0, 0.1) is 0 Å². The highest BCUT2D eigenvalue weighted by molar-refractivity contribution is 7.89. The Morgan fingerprint density at radius 3 is 2.88 bits per heavy atom. The van der Waals surface area contributed by atoms with E-state index < -0.39 is 15.6 Å². The molecule has 0 fully saturated rings. The van der Waals surface area contributed by atoms with E-state index in [1.807, 2.05) is 25.3 Å². The van der Waals surface area contributed by atoms with E-state index in [-0.39, 0.29) is 5.75 Å². The van der Waals surface area contributed by atoms with Crippen LogP contribution in [0.3, 0.4) is 0 Å². The zero-order valence-corrected chi connectivity index (χ0v) is 15.9. The van der Waals surface area contributed by atoms with E-state index in [4.69, 9.17) is 0 Å². The largest absolute Gasteiger partial charge is 0.385 e. The van der Waals surface area contributed by atoms with Gasteiger partial charge in [-0.1, -0.05) is 19.8 Å². The van der Waals surface area contributed by atoms with Crippen LogP contribution < -0.4 is 5.32 Å². The average Bonchev–Trinajstić information content (AvgIpc) is 2.99. The molecule has 6 nitrogen and oxygen atoms in total. The normalized spacial score (nSPS) is 22.4. The number of aromatic nitrogens is 1. The predicted molar refractivity (Wildman–Crippen MR) is 104 cm³/mol. The van der Waals surface area contributed by atoms with Gasteiger partial charge in [0.25, 0.3) is 0 Å². The minimum absolute atomic E-state index is 0.0336. The Morgan fingerprint density at radius 2 is 2.16 bits per heavy atom. The number of anilines is 1. The highest BCUT2D eigenvalue weighted by Crippen LogP contribution is 2.36. The molecule has 1 aromatic heterocycles. The number of hydrogen-bond acceptors (Lipinski definition) is 4. The Bertz CT molecular complexity index is 888. The van der Waals surface area contributed by atoms with Gasteiger partial charge < -0.3 is 10.3 Å². The van der Waals surface area contributed by atoms with E-state index in [2.05, 4.69) is 28.3 Å². The molecule has 0 bridgehead atoms.